The van der Waals surface area contributed by atoms with Crippen LogP contribution in [0.5, 0.6) is 0 Å². The molecule has 0 unspecified atom stereocenters. The van der Waals surface area contributed by atoms with Crippen molar-refractivity contribution in [3.05, 3.63) is 30.1 Å². The van der Waals surface area contributed by atoms with Gasteiger partial charge in [-0.2, -0.15) is 0 Å². The van der Waals surface area contributed by atoms with Gasteiger partial charge in [0.1, 0.15) is 5.82 Å². The third-order valence-corrected chi connectivity index (χ3v) is 6.69. The smallest absolute Gasteiger partial charge is 0.232 e. The van der Waals surface area contributed by atoms with Gasteiger partial charge in [0.25, 0.3) is 0 Å². The summed E-state index contributed by atoms with van der Waals surface area (Å²) in [5.41, 5.74) is 0.297. The molecule has 1 amide bonds. The Kier molecular flexibility index (Phi) is 4.56. The van der Waals surface area contributed by atoms with Crippen LogP contribution in [-0.2, 0) is 14.6 Å². The molecular formula is C15H18FN3O3S2. The first-order valence-corrected chi connectivity index (χ1v) is 10.2. The zero-order chi connectivity index (χ0) is 17.5. The lowest BCUT2D eigenvalue weighted by Crippen LogP contribution is -2.40. The predicted octanol–water partition coefficient (Wildman–Crippen LogP) is 0.989. The number of fused-ring (bicyclic) bond motifs is 1. The first-order valence-electron chi connectivity index (χ1n) is 7.43. The summed E-state index contributed by atoms with van der Waals surface area (Å²) in [5, 5.41) is 0.500. The Labute approximate surface area is 144 Å². The van der Waals surface area contributed by atoms with E-state index in [-0.39, 0.29) is 23.2 Å². The monoisotopic (exact) mass is 371 g/mol. The minimum absolute atomic E-state index is 0.0334. The summed E-state index contributed by atoms with van der Waals surface area (Å²) in [6.45, 7) is 0. The van der Waals surface area contributed by atoms with Gasteiger partial charge in [-0.25, -0.2) is 12.8 Å². The zero-order valence-corrected chi connectivity index (χ0v) is 15.0. The molecule has 130 valence electrons. The molecule has 0 radical (unpaired) electrons. The maximum atomic E-state index is 14.3. The highest BCUT2D eigenvalue weighted by molar-refractivity contribution is 8.14. The number of halogens is 1. The van der Waals surface area contributed by atoms with Crippen LogP contribution < -0.4 is 4.90 Å². The molecule has 0 aromatic heterocycles. The Morgan fingerprint density at radius 2 is 2.08 bits per heavy atom. The second kappa shape index (κ2) is 6.36. The van der Waals surface area contributed by atoms with E-state index in [0.29, 0.717) is 10.9 Å². The molecule has 24 heavy (non-hydrogen) atoms. The third kappa shape index (κ3) is 3.27. The minimum Gasteiger partial charge on any atom is -0.348 e. The van der Waals surface area contributed by atoms with Crippen LogP contribution in [0.15, 0.2) is 29.3 Å². The number of amidine groups is 1. The topological polar surface area (TPSA) is 70.0 Å². The molecule has 3 rings (SSSR count). The van der Waals surface area contributed by atoms with Gasteiger partial charge in [-0.3, -0.25) is 9.79 Å². The molecule has 2 aliphatic heterocycles. The molecule has 0 aliphatic carbocycles. The van der Waals surface area contributed by atoms with Crippen LogP contribution in [-0.4, -0.2) is 67.8 Å². The minimum atomic E-state index is -3.18. The molecule has 0 N–H and O–H groups in total. The lowest BCUT2D eigenvalue weighted by Gasteiger charge is -2.26. The van der Waals surface area contributed by atoms with E-state index >= 15 is 0 Å². The van der Waals surface area contributed by atoms with Gasteiger partial charge in [0.2, 0.25) is 5.91 Å². The number of hydrogen-bond donors (Lipinski definition) is 0. The molecule has 6 nitrogen and oxygen atoms in total. The van der Waals surface area contributed by atoms with Gasteiger partial charge in [-0.1, -0.05) is 23.9 Å². The van der Waals surface area contributed by atoms with Crippen molar-refractivity contribution in [3.63, 3.8) is 0 Å². The molecule has 1 saturated heterocycles. The van der Waals surface area contributed by atoms with Gasteiger partial charge in [0, 0.05) is 14.1 Å². The highest BCUT2D eigenvalue weighted by atomic mass is 32.2. The van der Waals surface area contributed by atoms with Crippen LogP contribution >= 0.6 is 11.8 Å². The van der Waals surface area contributed by atoms with Gasteiger partial charge < -0.3 is 9.80 Å². The summed E-state index contributed by atoms with van der Waals surface area (Å²) < 4.78 is 38.1. The number of para-hydroxylation sites is 1. The fourth-order valence-corrected chi connectivity index (χ4v) is 5.76. The Bertz CT molecular complexity index is 795. The molecule has 0 bridgehead atoms. The summed E-state index contributed by atoms with van der Waals surface area (Å²) in [7, 11) is 0.141. The highest BCUT2D eigenvalue weighted by Gasteiger charge is 2.47. The molecule has 9 heteroatoms. The molecule has 2 heterocycles. The van der Waals surface area contributed by atoms with E-state index in [1.165, 1.54) is 22.7 Å². The summed E-state index contributed by atoms with van der Waals surface area (Å²) in [4.78, 5) is 19.4. The quantitative estimate of drug-likeness (QED) is 0.793. The second-order valence-corrected chi connectivity index (χ2v) is 9.12. The van der Waals surface area contributed by atoms with Crippen LogP contribution in [0, 0.1) is 5.82 Å². The van der Waals surface area contributed by atoms with Crippen molar-refractivity contribution in [2.75, 3.05) is 36.3 Å². The average molecular weight is 371 g/mol. The van der Waals surface area contributed by atoms with Crippen molar-refractivity contribution >= 4 is 38.4 Å². The lowest BCUT2D eigenvalue weighted by atomic mass is 10.1. The van der Waals surface area contributed by atoms with Crippen molar-refractivity contribution in [1.29, 1.82) is 0 Å². The summed E-state index contributed by atoms with van der Waals surface area (Å²) in [6.07, 6.45) is 0. The molecule has 2 aliphatic rings. The molecule has 0 saturated carbocycles. The number of anilines is 1. The molecule has 1 aromatic rings. The number of carbonyl (C=O) groups excluding carboxylic acids is 1. The molecular weight excluding hydrogens is 353 g/mol. The standard InChI is InChI=1S/C15H18FN3O3S2/c1-18(2)14(20)7-23-15-17-11-8-24(21,22)9-13(11)19(15)12-6-4-3-5-10(12)16/h3-6,11,13H,7-9H2,1-2H3/t11-,13-/m1/s1. The Morgan fingerprint density at radius 3 is 2.75 bits per heavy atom. The number of benzene rings is 1. The van der Waals surface area contributed by atoms with Crippen molar-refractivity contribution < 1.29 is 17.6 Å². The molecule has 1 aromatic carbocycles. The molecule has 0 spiro atoms. The Morgan fingerprint density at radius 1 is 1.38 bits per heavy atom. The van der Waals surface area contributed by atoms with E-state index in [4.69, 9.17) is 0 Å². The second-order valence-electron chi connectivity index (χ2n) is 6.02. The van der Waals surface area contributed by atoms with E-state index in [1.807, 2.05) is 0 Å². The van der Waals surface area contributed by atoms with Crippen LogP contribution in [0.25, 0.3) is 0 Å². The average Bonchev–Trinajstić information content (AvgIpc) is 2.96. The highest BCUT2D eigenvalue weighted by Crippen LogP contribution is 2.36. The van der Waals surface area contributed by atoms with Gasteiger partial charge in [0.15, 0.2) is 15.0 Å². The fraction of sp³-hybridized carbons (Fsp3) is 0.467. The zero-order valence-electron chi connectivity index (χ0n) is 13.3. The van der Waals surface area contributed by atoms with Crippen LogP contribution in [0.3, 0.4) is 0 Å². The van der Waals surface area contributed by atoms with Crippen molar-refractivity contribution in [2.45, 2.75) is 12.1 Å². The number of rotatable bonds is 3. The summed E-state index contributed by atoms with van der Waals surface area (Å²) >= 11 is 1.21. The third-order valence-electron chi connectivity index (χ3n) is 4.04. The first kappa shape index (κ1) is 17.2. The van der Waals surface area contributed by atoms with Gasteiger partial charge >= 0.3 is 0 Å². The number of nitrogens with zero attached hydrogens (tertiary/aromatic N) is 3. The SMILES string of the molecule is CN(C)C(=O)CSC1=N[C@@H]2CS(=O)(=O)C[C@H]2N1c1ccccc1F. The first-order chi connectivity index (χ1) is 11.3. The maximum absolute atomic E-state index is 14.3. The fourth-order valence-electron chi connectivity index (χ4n) is 2.82. The van der Waals surface area contributed by atoms with Crippen molar-refractivity contribution in [3.8, 4) is 0 Å². The molecule has 1 fully saturated rings. The number of aliphatic imine (C=N–C) groups is 1. The Balaban J connectivity index is 1.91. The summed E-state index contributed by atoms with van der Waals surface area (Å²) in [5.74, 6) is -0.436. The number of hydrogen-bond acceptors (Lipinski definition) is 6. The number of carbonyl (C=O) groups is 1. The van der Waals surface area contributed by atoms with Crippen molar-refractivity contribution in [2.24, 2.45) is 4.99 Å². The van der Waals surface area contributed by atoms with Gasteiger partial charge in [-0.05, 0) is 12.1 Å². The predicted molar refractivity (Wildman–Crippen MR) is 93.7 cm³/mol. The van der Waals surface area contributed by atoms with Gasteiger partial charge in [0.05, 0.1) is 35.0 Å². The number of sulfone groups is 1. The van der Waals surface area contributed by atoms with Gasteiger partial charge in [-0.15, -0.1) is 0 Å². The van der Waals surface area contributed by atoms with Crippen molar-refractivity contribution in [1.82, 2.24) is 4.90 Å². The Hall–Kier alpha value is -1.61. The normalized spacial score (nSPS) is 24.6. The number of thioether (sulfide) groups is 1. The van der Waals surface area contributed by atoms with Crippen LogP contribution in [0.2, 0.25) is 0 Å². The van der Waals surface area contributed by atoms with E-state index in [1.54, 1.807) is 37.2 Å². The van der Waals surface area contributed by atoms with E-state index in [2.05, 4.69) is 4.99 Å². The summed E-state index contributed by atoms with van der Waals surface area (Å²) in [6, 6.07) is 5.39. The van der Waals surface area contributed by atoms with E-state index in [9.17, 15) is 17.6 Å². The van der Waals surface area contributed by atoms with Crippen LogP contribution in [0.4, 0.5) is 10.1 Å². The van der Waals surface area contributed by atoms with E-state index in [0.717, 1.165) is 0 Å². The van der Waals surface area contributed by atoms with Crippen LogP contribution in [0.1, 0.15) is 0 Å². The number of amides is 1. The largest absolute Gasteiger partial charge is 0.348 e. The van der Waals surface area contributed by atoms with E-state index < -0.39 is 27.7 Å². The maximum Gasteiger partial charge on any atom is 0.232 e. The molecule has 2 atom stereocenters. The lowest BCUT2D eigenvalue weighted by molar-refractivity contribution is -0.125.